The van der Waals surface area contributed by atoms with Gasteiger partial charge in [-0.1, -0.05) is 36.8 Å². The first-order valence-electron chi connectivity index (χ1n) is 8.32. The van der Waals surface area contributed by atoms with Crippen LogP contribution < -0.4 is 5.32 Å². The van der Waals surface area contributed by atoms with E-state index in [1.165, 1.54) is 34.6 Å². The topological polar surface area (TPSA) is 66.4 Å². The number of carbonyl (C=O) groups is 2. The van der Waals surface area contributed by atoms with E-state index in [0.29, 0.717) is 4.88 Å². The molecule has 2 aromatic rings. The summed E-state index contributed by atoms with van der Waals surface area (Å²) < 4.78 is 0. The van der Waals surface area contributed by atoms with Crippen molar-refractivity contribution < 1.29 is 14.7 Å². The van der Waals surface area contributed by atoms with Crippen LogP contribution in [-0.2, 0) is 24.1 Å². The van der Waals surface area contributed by atoms with Crippen molar-refractivity contribution in [3.63, 3.8) is 0 Å². The molecule has 1 heterocycles. The molecule has 1 aromatic carbocycles. The number of hydrogen-bond acceptors (Lipinski definition) is 3. The number of aliphatic carboxylic acids is 1. The Hall–Kier alpha value is -2.14. The van der Waals surface area contributed by atoms with Gasteiger partial charge in [0.25, 0.3) is 5.91 Å². The van der Waals surface area contributed by atoms with Gasteiger partial charge in [-0.25, -0.2) is 4.79 Å². The van der Waals surface area contributed by atoms with Gasteiger partial charge in [-0.2, -0.15) is 0 Å². The molecule has 0 saturated heterocycles. The molecule has 0 saturated carbocycles. The van der Waals surface area contributed by atoms with Crippen molar-refractivity contribution in [2.75, 3.05) is 0 Å². The van der Waals surface area contributed by atoms with E-state index >= 15 is 0 Å². The highest BCUT2D eigenvalue weighted by atomic mass is 32.1. The average molecular weight is 343 g/mol. The van der Waals surface area contributed by atoms with Gasteiger partial charge in [-0.3, -0.25) is 4.79 Å². The van der Waals surface area contributed by atoms with Crippen LogP contribution in [0, 0.1) is 0 Å². The van der Waals surface area contributed by atoms with Crippen LogP contribution in [0.15, 0.2) is 36.4 Å². The molecule has 0 spiro atoms. The fraction of sp³-hybridized carbons (Fsp3) is 0.368. The molecule has 0 aliphatic heterocycles. The third-order valence-electron chi connectivity index (χ3n) is 4.36. The number of amides is 1. The van der Waals surface area contributed by atoms with Crippen molar-refractivity contribution in [3.8, 4) is 0 Å². The lowest BCUT2D eigenvalue weighted by atomic mass is 10.1. The predicted molar refractivity (Wildman–Crippen MR) is 94.6 cm³/mol. The number of fused-ring (bicyclic) bond motifs is 1. The second-order valence-corrected chi connectivity index (χ2v) is 7.31. The Kier molecular flexibility index (Phi) is 5.30. The van der Waals surface area contributed by atoms with Crippen LogP contribution in [0.4, 0.5) is 0 Å². The van der Waals surface area contributed by atoms with Crippen LogP contribution in [0.3, 0.4) is 0 Å². The molecule has 0 unspecified atom stereocenters. The molecular formula is C19H21NO3S. The average Bonchev–Trinajstić information content (AvgIpc) is 2.86. The van der Waals surface area contributed by atoms with Crippen molar-refractivity contribution in [1.82, 2.24) is 5.32 Å². The lowest BCUT2D eigenvalue weighted by Crippen LogP contribution is -2.42. The normalized spacial score (nSPS) is 15.2. The van der Waals surface area contributed by atoms with Gasteiger partial charge in [0.2, 0.25) is 0 Å². The molecule has 5 heteroatoms. The van der Waals surface area contributed by atoms with Gasteiger partial charge in [-0.05, 0) is 42.9 Å². The molecular weight excluding hydrogens is 322 g/mol. The summed E-state index contributed by atoms with van der Waals surface area (Å²) in [7, 11) is 0. The number of thiophene rings is 1. The predicted octanol–water partition coefficient (Wildman–Crippen LogP) is 3.44. The summed E-state index contributed by atoms with van der Waals surface area (Å²) in [6.07, 6.45) is 5.90. The number of benzene rings is 1. The third kappa shape index (κ3) is 4.03. The molecule has 0 radical (unpaired) electrons. The van der Waals surface area contributed by atoms with E-state index in [1.807, 2.05) is 36.4 Å². The molecule has 3 rings (SSSR count). The molecule has 4 nitrogen and oxygen atoms in total. The number of carboxylic acid groups (broad SMARTS) is 1. The van der Waals surface area contributed by atoms with Crippen LogP contribution in [0.25, 0.3) is 0 Å². The lowest BCUT2D eigenvalue weighted by molar-refractivity contribution is -0.139. The van der Waals surface area contributed by atoms with Crippen molar-refractivity contribution in [2.24, 2.45) is 0 Å². The number of nitrogens with one attached hydrogen (secondary N) is 1. The number of carboxylic acids is 1. The maximum absolute atomic E-state index is 12.5. The monoisotopic (exact) mass is 343 g/mol. The SMILES string of the molecule is O=C(N[C@@H](Cc1ccccc1)C(=O)O)c1cc2c(s1)CCCCC2. The summed E-state index contributed by atoms with van der Waals surface area (Å²) in [6, 6.07) is 10.4. The van der Waals surface area contributed by atoms with Gasteiger partial charge in [0.05, 0.1) is 4.88 Å². The molecule has 24 heavy (non-hydrogen) atoms. The fourth-order valence-electron chi connectivity index (χ4n) is 3.06. The van der Waals surface area contributed by atoms with Gasteiger partial charge in [0.1, 0.15) is 6.04 Å². The van der Waals surface area contributed by atoms with Crippen LogP contribution in [0.1, 0.15) is 44.9 Å². The van der Waals surface area contributed by atoms with Gasteiger partial charge in [-0.15, -0.1) is 11.3 Å². The summed E-state index contributed by atoms with van der Waals surface area (Å²) in [5.41, 5.74) is 2.16. The second kappa shape index (κ2) is 7.62. The minimum absolute atomic E-state index is 0.281. The highest BCUT2D eigenvalue weighted by Crippen LogP contribution is 2.29. The third-order valence-corrected chi connectivity index (χ3v) is 5.59. The Labute approximate surface area is 145 Å². The molecule has 1 amide bonds. The van der Waals surface area contributed by atoms with E-state index < -0.39 is 12.0 Å². The standard InChI is InChI=1S/C19H21NO3S/c21-18(17-12-14-9-5-2-6-10-16(14)24-17)20-15(19(22)23)11-13-7-3-1-4-8-13/h1,3-4,7-8,12,15H,2,5-6,9-11H2,(H,20,21)(H,22,23)/t15-/m0/s1. The summed E-state index contributed by atoms with van der Waals surface area (Å²) in [5.74, 6) is -1.29. The molecule has 1 aromatic heterocycles. The van der Waals surface area contributed by atoms with Crippen LogP contribution >= 0.6 is 11.3 Å². The van der Waals surface area contributed by atoms with Gasteiger partial charge in [0, 0.05) is 11.3 Å². The highest BCUT2D eigenvalue weighted by molar-refractivity contribution is 7.14. The summed E-state index contributed by atoms with van der Waals surface area (Å²) in [5, 5.41) is 12.1. The first-order valence-corrected chi connectivity index (χ1v) is 9.14. The number of aryl methyl sites for hydroxylation is 2. The molecule has 1 aliphatic rings. The minimum Gasteiger partial charge on any atom is -0.480 e. The zero-order chi connectivity index (χ0) is 16.9. The first-order chi connectivity index (χ1) is 11.6. The van der Waals surface area contributed by atoms with E-state index in [0.717, 1.165) is 24.8 Å². The van der Waals surface area contributed by atoms with E-state index in [9.17, 15) is 14.7 Å². The van der Waals surface area contributed by atoms with Gasteiger partial charge < -0.3 is 10.4 Å². The van der Waals surface area contributed by atoms with Crippen LogP contribution in [0.5, 0.6) is 0 Å². The van der Waals surface area contributed by atoms with E-state index in [1.54, 1.807) is 0 Å². The fourth-order valence-corrected chi connectivity index (χ4v) is 4.22. The molecule has 1 aliphatic carbocycles. The minimum atomic E-state index is -1.01. The largest absolute Gasteiger partial charge is 0.480 e. The Morgan fingerprint density at radius 1 is 1.12 bits per heavy atom. The van der Waals surface area contributed by atoms with E-state index in [4.69, 9.17) is 0 Å². The Bertz CT molecular complexity index is 700. The number of carbonyl (C=O) groups excluding carboxylic acids is 1. The van der Waals surface area contributed by atoms with Crippen molar-refractivity contribution in [2.45, 2.75) is 44.6 Å². The van der Waals surface area contributed by atoms with Crippen molar-refractivity contribution in [3.05, 3.63) is 57.3 Å². The summed E-state index contributed by atoms with van der Waals surface area (Å²) in [4.78, 5) is 25.9. The second-order valence-electron chi connectivity index (χ2n) is 6.17. The van der Waals surface area contributed by atoms with E-state index in [-0.39, 0.29) is 12.3 Å². The maximum atomic E-state index is 12.5. The van der Waals surface area contributed by atoms with Gasteiger partial charge in [0.15, 0.2) is 0 Å². The summed E-state index contributed by atoms with van der Waals surface area (Å²) >= 11 is 1.51. The number of hydrogen-bond donors (Lipinski definition) is 2. The zero-order valence-electron chi connectivity index (χ0n) is 13.5. The van der Waals surface area contributed by atoms with Crippen molar-refractivity contribution >= 4 is 23.2 Å². The smallest absolute Gasteiger partial charge is 0.326 e. The number of rotatable bonds is 5. The lowest BCUT2D eigenvalue weighted by Gasteiger charge is -2.14. The van der Waals surface area contributed by atoms with Crippen LogP contribution in [0.2, 0.25) is 0 Å². The Balaban J connectivity index is 1.70. The molecule has 0 bridgehead atoms. The van der Waals surface area contributed by atoms with E-state index in [2.05, 4.69) is 5.32 Å². The van der Waals surface area contributed by atoms with Crippen LogP contribution in [-0.4, -0.2) is 23.0 Å². The summed E-state index contributed by atoms with van der Waals surface area (Å²) in [6.45, 7) is 0. The molecule has 2 N–H and O–H groups in total. The molecule has 126 valence electrons. The molecule has 1 atom stereocenters. The first kappa shape index (κ1) is 16.7. The Morgan fingerprint density at radius 3 is 2.62 bits per heavy atom. The molecule has 0 fully saturated rings. The quantitative estimate of drug-likeness (QED) is 0.817. The van der Waals surface area contributed by atoms with Crippen molar-refractivity contribution in [1.29, 1.82) is 0 Å². The highest BCUT2D eigenvalue weighted by Gasteiger charge is 2.23. The zero-order valence-corrected chi connectivity index (χ0v) is 14.3. The van der Waals surface area contributed by atoms with Gasteiger partial charge >= 0.3 is 5.97 Å². The maximum Gasteiger partial charge on any atom is 0.326 e. The Morgan fingerprint density at radius 2 is 1.88 bits per heavy atom.